The van der Waals surface area contributed by atoms with Crippen molar-refractivity contribution in [2.24, 2.45) is 0 Å². The van der Waals surface area contributed by atoms with E-state index in [1.165, 1.54) is 0 Å². The van der Waals surface area contributed by atoms with Gasteiger partial charge >= 0.3 is 0 Å². The van der Waals surface area contributed by atoms with Crippen LogP contribution in [0, 0.1) is 3.57 Å². The number of hydrogen-bond acceptors (Lipinski definition) is 2. The molecule has 0 atom stereocenters. The number of carbonyl (C=O) groups excluding carboxylic acids is 2. The van der Waals surface area contributed by atoms with Crippen LogP contribution in [0.2, 0.25) is 0 Å². The van der Waals surface area contributed by atoms with Gasteiger partial charge in [0.25, 0.3) is 5.91 Å². The summed E-state index contributed by atoms with van der Waals surface area (Å²) in [7, 11) is 0. The Morgan fingerprint density at radius 3 is 2.39 bits per heavy atom. The second kappa shape index (κ2) is 7.35. The fourth-order valence-corrected chi connectivity index (χ4v) is 2.22. The number of amides is 2. The van der Waals surface area contributed by atoms with Crippen LogP contribution in [0.25, 0.3) is 0 Å². The van der Waals surface area contributed by atoms with E-state index in [4.69, 9.17) is 0 Å². The summed E-state index contributed by atoms with van der Waals surface area (Å²) in [5.41, 5.74) is 0.602. The van der Waals surface area contributed by atoms with Gasteiger partial charge in [0.2, 0.25) is 5.91 Å². The van der Waals surface area contributed by atoms with Gasteiger partial charge in [0, 0.05) is 16.7 Å². The third-order valence-corrected chi connectivity index (χ3v) is 3.58. The molecule has 0 aliphatic rings. The Morgan fingerprint density at radius 2 is 1.83 bits per heavy atom. The first kappa shape index (κ1) is 14.9. The summed E-state index contributed by atoms with van der Waals surface area (Å²) in [6, 6.07) is 7.30. The average molecular weight is 360 g/mol. The Bertz CT molecular complexity index is 431. The minimum atomic E-state index is -0.208. The van der Waals surface area contributed by atoms with Gasteiger partial charge in [-0.25, -0.2) is 0 Å². The van der Waals surface area contributed by atoms with Gasteiger partial charge in [-0.15, -0.1) is 0 Å². The van der Waals surface area contributed by atoms with Crippen molar-refractivity contribution in [3.63, 3.8) is 0 Å². The van der Waals surface area contributed by atoms with Crippen molar-refractivity contribution in [1.82, 2.24) is 10.2 Å². The van der Waals surface area contributed by atoms with E-state index in [-0.39, 0.29) is 18.4 Å². The van der Waals surface area contributed by atoms with Crippen LogP contribution >= 0.6 is 22.6 Å². The quantitative estimate of drug-likeness (QED) is 0.816. The summed E-state index contributed by atoms with van der Waals surface area (Å²) in [6.45, 7) is 5.21. The smallest absolute Gasteiger partial charge is 0.252 e. The molecule has 0 radical (unpaired) electrons. The molecule has 0 spiro atoms. The Kier molecular flexibility index (Phi) is 6.11. The standard InChI is InChI=1S/C13H17IN2O2/c1-3-16(4-2)12(17)9-15-13(18)10-7-5-6-8-11(10)14/h5-8H,3-4,9H2,1-2H3,(H,15,18). The fraction of sp³-hybridized carbons (Fsp3) is 0.385. The van der Waals surface area contributed by atoms with Gasteiger partial charge in [-0.3, -0.25) is 9.59 Å². The third-order valence-electron chi connectivity index (χ3n) is 2.63. The molecule has 4 nitrogen and oxygen atoms in total. The SMILES string of the molecule is CCN(CC)C(=O)CNC(=O)c1ccccc1I. The maximum absolute atomic E-state index is 11.9. The highest BCUT2D eigenvalue weighted by atomic mass is 127. The normalized spacial score (nSPS) is 9.94. The molecule has 0 aliphatic heterocycles. The predicted octanol–water partition coefficient (Wildman–Crippen LogP) is 1.89. The number of benzene rings is 1. The molecule has 0 saturated heterocycles. The fourth-order valence-electron chi connectivity index (χ4n) is 1.58. The lowest BCUT2D eigenvalue weighted by Gasteiger charge is -2.18. The lowest BCUT2D eigenvalue weighted by atomic mass is 10.2. The molecule has 0 fully saturated rings. The number of nitrogens with one attached hydrogen (secondary N) is 1. The summed E-state index contributed by atoms with van der Waals surface area (Å²) in [6.07, 6.45) is 0. The maximum Gasteiger partial charge on any atom is 0.252 e. The van der Waals surface area contributed by atoms with Crippen LogP contribution < -0.4 is 5.32 Å². The molecule has 0 aliphatic carbocycles. The van der Waals surface area contributed by atoms with Crippen molar-refractivity contribution < 1.29 is 9.59 Å². The van der Waals surface area contributed by atoms with Crippen LogP contribution in [0.1, 0.15) is 24.2 Å². The molecule has 1 aromatic carbocycles. The largest absolute Gasteiger partial charge is 0.343 e. The van der Waals surface area contributed by atoms with Gasteiger partial charge in [-0.2, -0.15) is 0 Å². The predicted molar refractivity (Wildman–Crippen MR) is 79.4 cm³/mol. The lowest BCUT2D eigenvalue weighted by molar-refractivity contribution is -0.129. The third kappa shape index (κ3) is 3.97. The molecule has 0 aromatic heterocycles. The molecule has 0 saturated carbocycles. The topological polar surface area (TPSA) is 49.4 Å². The van der Waals surface area contributed by atoms with Gasteiger partial charge in [-0.05, 0) is 48.6 Å². The molecule has 5 heteroatoms. The van der Waals surface area contributed by atoms with E-state index in [0.717, 1.165) is 3.57 Å². The van der Waals surface area contributed by atoms with Crippen LogP contribution in [0.3, 0.4) is 0 Å². The average Bonchev–Trinajstić information content (AvgIpc) is 2.38. The second-order valence-electron chi connectivity index (χ2n) is 3.73. The minimum Gasteiger partial charge on any atom is -0.343 e. The molecule has 18 heavy (non-hydrogen) atoms. The zero-order valence-corrected chi connectivity index (χ0v) is 12.7. The molecular weight excluding hydrogens is 343 g/mol. The van der Waals surface area contributed by atoms with Crippen LogP contribution in [0.5, 0.6) is 0 Å². The van der Waals surface area contributed by atoms with E-state index in [9.17, 15) is 9.59 Å². The van der Waals surface area contributed by atoms with Crippen molar-refractivity contribution in [3.05, 3.63) is 33.4 Å². The van der Waals surface area contributed by atoms with E-state index in [0.29, 0.717) is 18.7 Å². The number of nitrogens with zero attached hydrogens (tertiary/aromatic N) is 1. The highest BCUT2D eigenvalue weighted by molar-refractivity contribution is 14.1. The molecule has 1 aromatic rings. The van der Waals surface area contributed by atoms with E-state index in [2.05, 4.69) is 27.9 Å². The van der Waals surface area contributed by atoms with E-state index < -0.39 is 0 Å². The van der Waals surface area contributed by atoms with Crippen molar-refractivity contribution >= 4 is 34.4 Å². The second-order valence-corrected chi connectivity index (χ2v) is 4.89. The number of carbonyl (C=O) groups is 2. The van der Waals surface area contributed by atoms with Gasteiger partial charge in [0.15, 0.2) is 0 Å². The molecule has 0 bridgehead atoms. The van der Waals surface area contributed by atoms with Crippen LogP contribution in [0.4, 0.5) is 0 Å². The van der Waals surface area contributed by atoms with E-state index in [1.54, 1.807) is 11.0 Å². The zero-order chi connectivity index (χ0) is 13.5. The summed E-state index contributed by atoms with van der Waals surface area (Å²) in [5.74, 6) is -0.264. The number of rotatable bonds is 5. The Hall–Kier alpha value is -1.11. The van der Waals surface area contributed by atoms with Crippen LogP contribution in [-0.4, -0.2) is 36.3 Å². The molecule has 1 rings (SSSR count). The van der Waals surface area contributed by atoms with Crippen LogP contribution in [-0.2, 0) is 4.79 Å². The molecule has 0 unspecified atom stereocenters. The summed E-state index contributed by atoms with van der Waals surface area (Å²) >= 11 is 2.10. The van der Waals surface area contributed by atoms with Crippen molar-refractivity contribution in [3.8, 4) is 0 Å². The van der Waals surface area contributed by atoms with E-state index in [1.807, 2.05) is 32.0 Å². The van der Waals surface area contributed by atoms with Gasteiger partial charge in [0.05, 0.1) is 12.1 Å². The van der Waals surface area contributed by atoms with Gasteiger partial charge < -0.3 is 10.2 Å². The number of likely N-dealkylation sites (N-methyl/N-ethyl adjacent to an activating group) is 1. The van der Waals surface area contributed by atoms with Crippen molar-refractivity contribution in [1.29, 1.82) is 0 Å². The van der Waals surface area contributed by atoms with E-state index >= 15 is 0 Å². The number of halogens is 1. The lowest BCUT2D eigenvalue weighted by Crippen LogP contribution is -2.40. The highest BCUT2D eigenvalue weighted by Crippen LogP contribution is 2.10. The van der Waals surface area contributed by atoms with Gasteiger partial charge in [-0.1, -0.05) is 12.1 Å². The monoisotopic (exact) mass is 360 g/mol. The molecule has 2 amide bonds. The minimum absolute atomic E-state index is 0.0471. The van der Waals surface area contributed by atoms with Crippen LogP contribution in [0.15, 0.2) is 24.3 Å². The number of hydrogen-bond donors (Lipinski definition) is 1. The first-order valence-corrected chi connectivity index (χ1v) is 6.98. The maximum atomic E-state index is 11.9. The zero-order valence-electron chi connectivity index (χ0n) is 10.6. The summed E-state index contributed by atoms with van der Waals surface area (Å²) in [5, 5.41) is 2.65. The Balaban J connectivity index is 2.57. The van der Waals surface area contributed by atoms with Crippen molar-refractivity contribution in [2.45, 2.75) is 13.8 Å². The first-order valence-electron chi connectivity index (χ1n) is 5.90. The molecule has 98 valence electrons. The molecule has 0 heterocycles. The molecule has 1 N–H and O–H groups in total. The summed E-state index contributed by atoms with van der Waals surface area (Å²) < 4.78 is 0.878. The van der Waals surface area contributed by atoms with Gasteiger partial charge in [0.1, 0.15) is 0 Å². The Morgan fingerprint density at radius 1 is 1.22 bits per heavy atom. The molecular formula is C13H17IN2O2. The van der Waals surface area contributed by atoms with Crippen molar-refractivity contribution in [2.75, 3.05) is 19.6 Å². The first-order chi connectivity index (χ1) is 8.60. The Labute approximate surface area is 121 Å². The highest BCUT2D eigenvalue weighted by Gasteiger charge is 2.13. The summed E-state index contributed by atoms with van der Waals surface area (Å²) in [4.78, 5) is 25.3.